The lowest BCUT2D eigenvalue weighted by atomic mass is 10.0. The van der Waals surface area contributed by atoms with Crippen LogP contribution in [0.2, 0.25) is 5.02 Å². The molecular formula is C14H10BrClF2. The molecule has 0 radical (unpaired) electrons. The van der Waals surface area contributed by atoms with Crippen LogP contribution in [0.15, 0.2) is 36.4 Å². The van der Waals surface area contributed by atoms with Gasteiger partial charge in [-0.25, -0.2) is 8.78 Å². The molecule has 1 atom stereocenters. The molecule has 0 bridgehead atoms. The molecule has 0 nitrogen and oxygen atoms in total. The highest BCUT2D eigenvalue weighted by Gasteiger charge is 2.16. The molecule has 1 unspecified atom stereocenters. The summed E-state index contributed by atoms with van der Waals surface area (Å²) in [4.78, 5) is -0.425. The van der Waals surface area contributed by atoms with Crippen LogP contribution in [0.4, 0.5) is 8.78 Å². The van der Waals surface area contributed by atoms with Crippen molar-refractivity contribution in [2.24, 2.45) is 0 Å². The Morgan fingerprint density at radius 1 is 1.11 bits per heavy atom. The van der Waals surface area contributed by atoms with Crippen molar-refractivity contribution in [2.75, 3.05) is 0 Å². The first-order valence-corrected chi connectivity index (χ1v) is 6.63. The summed E-state index contributed by atoms with van der Waals surface area (Å²) in [5.41, 5.74) is 1.99. The maximum absolute atomic E-state index is 13.7. The minimum absolute atomic E-state index is 0.259. The van der Waals surface area contributed by atoms with Crippen LogP contribution < -0.4 is 0 Å². The molecule has 0 fully saturated rings. The summed E-state index contributed by atoms with van der Waals surface area (Å²) in [5, 5.41) is 0.605. The Morgan fingerprint density at radius 2 is 1.83 bits per heavy atom. The average Bonchev–Trinajstić information content (AvgIpc) is 2.35. The Morgan fingerprint density at radius 3 is 2.50 bits per heavy atom. The molecule has 0 aliphatic rings. The second kappa shape index (κ2) is 5.37. The maximum Gasteiger partial charge on any atom is 0.128 e. The predicted molar refractivity (Wildman–Crippen MR) is 73.3 cm³/mol. The average molecular weight is 332 g/mol. The molecule has 0 saturated carbocycles. The molecule has 94 valence electrons. The van der Waals surface area contributed by atoms with Gasteiger partial charge in [0, 0.05) is 10.6 Å². The molecule has 0 aliphatic heterocycles. The van der Waals surface area contributed by atoms with Crippen LogP contribution in [-0.4, -0.2) is 0 Å². The monoisotopic (exact) mass is 330 g/mol. The second-order valence-corrected chi connectivity index (χ2v) is 5.36. The summed E-state index contributed by atoms with van der Waals surface area (Å²) in [5.74, 6) is -0.913. The van der Waals surface area contributed by atoms with Crippen LogP contribution >= 0.6 is 27.5 Å². The normalized spacial score (nSPS) is 12.5. The van der Waals surface area contributed by atoms with E-state index in [1.165, 1.54) is 6.07 Å². The van der Waals surface area contributed by atoms with Gasteiger partial charge in [0.2, 0.25) is 0 Å². The van der Waals surface area contributed by atoms with Crippen molar-refractivity contribution in [3.8, 4) is 0 Å². The first kappa shape index (κ1) is 13.5. The fraction of sp³-hybridized carbons (Fsp3) is 0.143. The van der Waals surface area contributed by atoms with Crippen molar-refractivity contribution in [3.63, 3.8) is 0 Å². The molecule has 2 aromatic carbocycles. The van der Waals surface area contributed by atoms with E-state index in [4.69, 9.17) is 11.6 Å². The molecule has 0 N–H and O–H groups in total. The fourth-order valence-corrected chi connectivity index (χ4v) is 2.48. The minimum atomic E-state index is -0.464. The van der Waals surface area contributed by atoms with Crippen molar-refractivity contribution in [3.05, 3.63) is 69.7 Å². The Kier molecular flexibility index (Phi) is 4.03. The summed E-state index contributed by atoms with van der Waals surface area (Å²) >= 11 is 9.40. The van der Waals surface area contributed by atoms with E-state index >= 15 is 0 Å². The lowest BCUT2D eigenvalue weighted by molar-refractivity contribution is 0.588. The zero-order chi connectivity index (χ0) is 13.3. The number of rotatable bonds is 2. The predicted octanol–water partition coefficient (Wildman–Crippen LogP) is 5.41. The summed E-state index contributed by atoms with van der Waals surface area (Å²) < 4.78 is 26.8. The third-order valence-corrected chi connectivity index (χ3v) is 4.15. The van der Waals surface area contributed by atoms with Crippen molar-refractivity contribution in [1.82, 2.24) is 0 Å². The second-order valence-electron chi connectivity index (χ2n) is 4.04. The minimum Gasteiger partial charge on any atom is -0.207 e. The number of aryl methyl sites for hydroxylation is 1. The largest absolute Gasteiger partial charge is 0.207 e. The molecule has 0 aliphatic carbocycles. The Labute approximate surface area is 118 Å². The van der Waals surface area contributed by atoms with Gasteiger partial charge in [0.1, 0.15) is 11.6 Å². The van der Waals surface area contributed by atoms with Gasteiger partial charge < -0.3 is 0 Å². The van der Waals surface area contributed by atoms with E-state index in [0.717, 1.165) is 23.3 Å². The molecule has 0 saturated heterocycles. The first-order chi connectivity index (χ1) is 8.49. The van der Waals surface area contributed by atoms with E-state index in [-0.39, 0.29) is 5.56 Å². The molecule has 0 spiro atoms. The van der Waals surface area contributed by atoms with Gasteiger partial charge in [-0.05, 0) is 42.3 Å². The van der Waals surface area contributed by atoms with Gasteiger partial charge in [-0.3, -0.25) is 0 Å². The summed E-state index contributed by atoms with van der Waals surface area (Å²) in [6.45, 7) is 1.89. The number of halogens is 4. The number of hydrogen-bond donors (Lipinski definition) is 0. The van der Waals surface area contributed by atoms with Crippen LogP contribution in [0.25, 0.3) is 0 Å². The Hall–Kier alpha value is -0.930. The molecule has 0 heterocycles. The zero-order valence-corrected chi connectivity index (χ0v) is 11.9. The topological polar surface area (TPSA) is 0 Å². The van der Waals surface area contributed by atoms with Crippen molar-refractivity contribution < 1.29 is 8.78 Å². The fourth-order valence-electron chi connectivity index (χ4n) is 1.66. The van der Waals surface area contributed by atoms with Crippen LogP contribution in [0.1, 0.15) is 21.5 Å². The highest BCUT2D eigenvalue weighted by molar-refractivity contribution is 9.09. The third kappa shape index (κ3) is 2.73. The third-order valence-electron chi connectivity index (χ3n) is 2.72. The Bertz CT molecular complexity index is 584. The quantitative estimate of drug-likeness (QED) is 0.645. The Balaban J connectivity index is 2.44. The zero-order valence-electron chi connectivity index (χ0n) is 9.55. The van der Waals surface area contributed by atoms with Crippen molar-refractivity contribution >= 4 is 27.5 Å². The van der Waals surface area contributed by atoms with Gasteiger partial charge in [0.25, 0.3) is 0 Å². The van der Waals surface area contributed by atoms with E-state index in [1.807, 2.05) is 19.1 Å². The van der Waals surface area contributed by atoms with Gasteiger partial charge in [0.05, 0.1) is 4.83 Å². The highest BCUT2D eigenvalue weighted by atomic mass is 79.9. The van der Waals surface area contributed by atoms with E-state index in [2.05, 4.69) is 15.9 Å². The van der Waals surface area contributed by atoms with Crippen LogP contribution in [-0.2, 0) is 0 Å². The van der Waals surface area contributed by atoms with Gasteiger partial charge in [-0.2, -0.15) is 0 Å². The summed E-state index contributed by atoms with van der Waals surface area (Å²) in [7, 11) is 0. The number of hydrogen-bond acceptors (Lipinski definition) is 0. The SMILES string of the molecule is Cc1ccc(C(Br)c2cc(F)ccc2F)cc1Cl. The van der Waals surface area contributed by atoms with E-state index in [1.54, 1.807) is 6.07 Å². The molecule has 2 aromatic rings. The first-order valence-electron chi connectivity index (χ1n) is 5.34. The maximum atomic E-state index is 13.7. The molecule has 0 amide bonds. The molecule has 0 aromatic heterocycles. The summed E-state index contributed by atoms with van der Waals surface area (Å²) in [6.07, 6.45) is 0. The van der Waals surface area contributed by atoms with Crippen LogP contribution in [0.5, 0.6) is 0 Å². The van der Waals surface area contributed by atoms with Crippen LogP contribution in [0.3, 0.4) is 0 Å². The molecule has 18 heavy (non-hydrogen) atoms. The lowest BCUT2D eigenvalue weighted by Gasteiger charge is -2.13. The highest BCUT2D eigenvalue weighted by Crippen LogP contribution is 2.34. The lowest BCUT2D eigenvalue weighted by Crippen LogP contribution is -1.98. The smallest absolute Gasteiger partial charge is 0.128 e. The van der Waals surface area contributed by atoms with Crippen molar-refractivity contribution in [1.29, 1.82) is 0 Å². The van der Waals surface area contributed by atoms with Crippen LogP contribution in [0, 0.1) is 18.6 Å². The van der Waals surface area contributed by atoms with E-state index < -0.39 is 16.5 Å². The number of alkyl halides is 1. The van der Waals surface area contributed by atoms with Gasteiger partial charge >= 0.3 is 0 Å². The standard InChI is InChI=1S/C14H10BrClF2/c1-8-2-3-9(6-12(8)16)14(15)11-7-10(17)4-5-13(11)18/h2-7,14H,1H3. The van der Waals surface area contributed by atoms with Crippen molar-refractivity contribution in [2.45, 2.75) is 11.8 Å². The van der Waals surface area contributed by atoms with Gasteiger partial charge in [-0.1, -0.05) is 39.7 Å². The van der Waals surface area contributed by atoms with Gasteiger partial charge in [-0.15, -0.1) is 0 Å². The number of benzene rings is 2. The molecule has 2 rings (SSSR count). The van der Waals surface area contributed by atoms with E-state index in [9.17, 15) is 8.78 Å². The molecule has 4 heteroatoms. The molecular weight excluding hydrogens is 322 g/mol. The summed E-state index contributed by atoms with van der Waals surface area (Å²) in [6, 6.07) is 8.84. The van der Waals surface area contributed by atoms with E-state index in [0.29, 0.717) is 5.02 Å². The van der Waals surface area contributed by atoms with Gasteiger partial charge in [0.15, 0.2) is 0 Å².